The van der Waals surface area contributed by atoms with Crippen LogP contribution in [-0.4, -0.2) is 48.8 Å². The first kappa shape index (κ1) is 17.5. The number of halogens is 2. The molecule has 0 bridgehead atoms. The van der Waals surface area contributed by atoms with Crippen LogP contribution < -0.4 is 10.2 Å². The summed E-state index contributed by atoms with van der Waals surface area (Å²) in [5, 5.41) is 11.4. The van der Waals surface area contributed by atoms with Gasteiger partial charge in [0.2, 0.25) is 0 Å². The zero-order valence-electron chi connectivity index (χ0n) is 13.3. The maximum absolute atomic E-state index is 14.3. The molecule has 1 fully saturated rings. The molecule has 1 aliphatic rings. The number of aliphatic hydroxyl groups is 1. The van der Waals surface area contributed by atoms with Gasteiger partial charge in [-0.2, -0.15) is 0 Å². The molecule has 1 aliphatic heterocycles. The van der Waals surface area contributed by atoms with Crippen molar-refractivity contribution >= 4 is 17.4 Å². The second-order valence-corrected chi connectivity index (χ2v) is 5.57. The van der Waals surface area contributed by atoms with Gasteiger partial charge in [0.25, 0.3) is 0 Å². The minimum Gasteiger partial charge on any atom is -0.395 e. The molecular weight excluding hydrogens is 304 g/mol. The minimum absolute atomic E-state index is 0.0228. The second-order valence-electron chi connectivity index (χ2n) is 5.57. The van der Waals surface area contributed by atoms with Crippen LogP contribution in [0, 0.1) is 11.6 Å². The molecule has 0 saturated carbocycles. The van der Waals surface area contributed by atoms with Crippen molar-refractivity contribution in [3.05, 3.63) is 23.8 Å². The Bertz CT molecular complexity index is 525. The molecule has 0 atom stereocenters. The third-order valence-corrected chi connectivity index (χ3v) is 3.98. The first-order valence-corrected chi connectivity index (χ1v) is 7.97. The van der Waals surface area contributed by atoms with E-state index in [9.17, 15) is 13.6 Å². The van der Waals surface area contributed by atoms with Crippen molar-refractivity contribution in [2.24, 2.45) is 0 Å². The summed E-state index contributed by atoms with van der Waals surface area (Å²) < 4.78 is 28.6. The number of benzene rings is 1. The number of hydrogen-bond donors (Lipinski definition) is 2. The number of carbonyl (C=O) groups is 1. The number of likely N-dealkylation sites (N-methyl/N-ethyl adjacent to an activating group) is 1. The summed E-state index contributed by atoms with van der Waals surface area (Å²) in [4.78, 5) is 15.1. The highest BCUT2D eigenvalue weighted by Gasteiger charge is 2.21. The van der Waals surface area contributed by atoms with E-state index in [0.717, 1.165) is 31.4 Å². The van der Waals surface area contributed by atoms with Gasteiger partial charge in [0.1, 0.15) is 5.69 Å². The molecular formula is C16H23F2N3O2. The molecule has 1 aromatic carbocycles. The van der Waals surface area contributed by atoms with Gasteiger partial charge >= 0.3 is 6.03 Å². The van der Waals surface area contributed by atoms with Gasteiger partial charge in [0.05, 0.1) is 6.61 Å². The maximum atomic E-state index is 14.3. The monoisotopic (exact) mass is 327 g/mol. The molecule has 7 heteroatoms. The van der Waals surface area contributed by atoms with Crippen LogP contribution in [0.15, 0.2) is 12.1 Å². The van der Waals surface area contributed by atoms with Gasteiger partial charge in [0.15, 0.2) is 11.6 Å². The fourth-order valence-electron chi connectivity index (χ4n) is 2.78. The molecule has 1 aromatic rings. The third kappa shape index (κ3) is 4.31. The first-order valence-electron chi connectivity index (χ1n) is 7.97. The Kier molecular flexibility index (Phi) is 6.15. The van der Waals surface area contributed by atoms with E-state index in [4.69, 9.17) is 5.11 Å². The van der Waals surface area contributed by atoms with Crippen molar-refractivity contribution in [3.8, 4) is 0 Å². The number of hydrogen-bond acceptors (Lipinski definition) is 3. The molecule has 2 N–H and O–H groups in total. The summed E-state index contributed by atoms with van der Waals surface area (Å²) in [7, 11) is 0. The number of rotatable bonds is 5. The van der Waals surface area contributed by atoms with Crippen LogP contribution in [0.3, 0.4) is 0 Å². The van der Waals surface area contributed by atoms with E-state index >= 15 is 0 Å². The largest absolute Gasteiger partial charge is 0.395 e. The fourth-order valence-corrected chi connectivity index (χ4v) is 2.78. The van der Waals surface area contributed by atoms with E-state index in [1.165, 1.54) is 4.90 Å². The van der Waals surface area contributed by atoms with Gasteiger partial charge in [-0.1, -0.05) is 0 Å². The number of nitrogens with one attached hydrogen (secondary N) is 1. The molecule has 1 saturated heterocycles. The molecule has 0 aromatic heterocycles. The zero-order valence-corrected chi connectivity index (χ0v) is 13.3. The van der Waals surface area contributed by atoms with Gasteiger partial charge < -0.3 is 20.2 Å². The summed E-state index contributed by atoms with van der Waals surface area (Å²) in [5.74, 6) is -1.35. The lowest BCUT2D eigenvalue weighted by Gasteiger charge is -2.29. The van der Waals surface area contributed by atoms with Crippen LogP contribution in [0.4, 0.5) is 25.0 Å². The molecule has 1 heterocycles. The number of piperidine rings is 1. The average Bonchev–Trinajstić information content (AvgIpc) is 2.52. The second kappa shape index (κ2) is 8.10. The predicted molar refractivity (Wildman–Crippen MR) is 85.8 cm³/mol. The van der Waals surface area contributed by atoms with E-state index in [0.29, 0.717) is 19.6 Å². The summed E-state index contributed by atoms with van der Waals surface area (Å²) >= 11 is 0. The summed E-state index contributed by atoms with van der Waals surface area (Å²) in [6.45, 7) is 3.43. The zero-order chi connectivity index (χ0) is 16.8. The lowest BCUT2D eigenvalue weighted by molar-refractivity contribution is 0.192. The lowest BCUT2D eigenvalue weighted by atomic mass is 10.1. The van der Waals surface area contributed by atoms with Crippen LogP contribution in [0.1, 0.15) is 26.2 Å². The quantitative estimate of drug-likeness (QED) is 0.874. The van der Waals surface area contributed by atoms with Gasteiger partial charge in [-0.25, -0.2) is 13.6 Å². The Hall–Kier alpha value is -1.89. The van der Waals surface area contributed by atoms with E-state index < -0.39 is 17.7 Å². The van der Waals surface area contributed by atoms with Crippen molar-refractivity contribution in [2.45, 2.75) is 26.2 Å². The van der Waals surface area contributed by atoms with Gasteiger partial charge in [-0.15, -0.1) is 0 Å². The SMILES string of the molecule is CCN(CCO)C(=O)Nc1cc(F)c(N2CCCCC2)c(F)c1. The lowest BCUT2D eigenvalue weighted by Crippen LogP contribution is -2.37. The molecule has 0 spiro atoms. The highest BCUT2D eigenvalue weighted by molar-refractivity contribution is 5.89. The first-order chi connectivity index (χ1) is 11.1. The Balaban J connectivity index is 2.14. The Morgan fingerprint density at radius 1 is 1.26 bits per heavy atom. The maximum Gasteiger partial charge on any atom is 0.321 e. The van der Waals surface area contributed by atoms with Crippen LogP contribution in [-0.2, 0) is 0 Å². The molecule has 2 amide bonds. The van der Waals surface area contributed by atoms with E-state index in [-0.39, 0.29) is 24.5 Å². The number of carbonyl (C=O) groups excluding carboxylic acids is 1. The Morgan fingerprint density at radius 3 is 2.39 bits per heavy atom. The highest BCUT2D eigenvalue weighted by Crippen LogP contribution is 2.29. The number of nitrogens with zero attached hydrogens (tertiary/aromatic N) is 2. The molecule has 0 unspecified atom stereocenters. The van der Waals surface area contributed by atoms with Crippen LogP contribution in [0.2, 0.25) is 0 Å². The van der Waals surface area contributed by atoms with Crippen LogP contribution in [0.25, 0.3) is 0 Å². The molecule has 0 radical (unpaired) electrons. The number of anilines is 2. The van der Waals surface area contributed by atoms with Crippen molar-refractivity contribution in [1.82, 2.24) is 4.90 Å². The highest BCUT2D eigenvalue weighted by atomic mass is 19.1. The van der Waals surface area contributed by atoms with Crippen molar-refractivity contribution < 1.29 is 18.7 Å². The standard InChI is InChI=1S/C16H23F2N3O2/c1-2-20(8-9-22)16(23)19-12-10-13(17)15(14(18)11-12)21-6-4-3-5-7-21/h10-11,22H,2-9H2,1H3,(H,19,23). The molecule has 128 valence electrons. The Labute approximate surface area is 134 Å². The minimum atomic E-state index is -0.674. The van der Waals surface area contributed by atoms with Crippen molar-refractivity contribution in [3.63, 3.8) is 0 Å². The number of aliphatic hydroxyl groups excluding tert-OH is 1. The van der Waals surface area contributed by atoms with E-state index in [1.807, 2.05) is 0 Å². The third-order valence-electron chi connectivity index (χ3n) is 3.98. The Morgan fingerprint density at radius 2 is 1.87 bits per heavy atom. The van der Waals surface area contributed by atoms with Gasteiger partial charge in [0, 0.05) is 31.9 Å². The van der Waals surface area contributed by atoms with Crippen LogP contribution in [0.5, 0.6) is 0 Å². The summed E-state index contributed by atoms with van der Waals surface area (Å²) in [5.41, 5.74) is 0.0487. The molecule has 23 heavy (non-hydrogen) atoms. The van der Waals surface area contributed by atoms with Crippen molar-refractivity contribution in [2.75, 3.05) is 43.0 Å². The van der Waals surface area contributed by atoms with Gasteiger partial charge in [-0.05, 0) is 38.3 Å². The summed E-state index contributed by atoms with van der Waals surface area (Å²) in [6, 6.07) is 1.78. The van der Waals surface area contributed by atoms with Crippen LogP contribution >= 0.6 is 0 Å². The fraction of sp³-hybridized carbons (Fsp3) is 0.562. The van der Waals surface area contributed by atoms with Gasteiger partial charge in [-0.3, -0.25) is 0 Å². The number of amides is 2. The smallest absolute Gasteiger partial charge is 0.321 e. The summed E-state index contributed by atoms with van der Waals surface area (Å²) in [6.07, 6.45) is 2.92. The normalized spacial score (nSPS) is 14.7. The van der Waals surface area contributed by atoms with E-state index in [2.05, 4.69) is 5.32 Å². The van der Waals surface area contributed by atoms with Crippen molar-refractivity contribution in [1.29, 1.82) is 0 Å². The molecule has 5 nitrogen and oxygen atoms in total. The number of urea groups is 1. The topological polar surface area (TPSA) is 55.8 Å². The van der Waals surface area contributed by atoms with E-state index in [1.54, 1.807) is 11.8 Å². The molecule has 0 aliphatic carbocycles. The average molecular weight is 327 g/mol. The molecule has 2 rings (SSSR count). The predicted octanol–water partition coefficient (Wildman–Crippen LogP) is 2.80.